The van der Waals surface area contributed by atoms with Crippen LogP contribution in [-0.2, 0) is 11.2 Å². The molecule has 21 heavy (non-hydrogen) atoms. The Labute approximate surface area is 134 Å². The Morgan fingerprint density at radius 3 is 2.14 bits per heavy atom. The summed E-state index contributed by atoms with van der Waals surface area (Å²) in [4.78, 5) is 9.00. The number of nitrogens with one attached hydrogen (secondary N) is 1. The largest absolute Gasteiger partial charge is 0.481 e. The fourth-order valence-corrected chi connectivity index (χ4v) is 2.19. The molecule has 3 nitrogen and oxygen atoms in total. The predicted octanol–water partition coefficient (Wildman–Crippen LogP) is 5.39. The summed E-state index contributed by atoms with van der Waals surface area (Å²) in [7, 11) is 0. The average Bonchev–Trinajstić information content (AvgIpc) is 2.43. The molecule has 2 aromatic carbocycles. The lowest BCUT2D eigenvalue weighted by Gasteiger charge is -2.13. The molecule has 0 aliphatic heterocycles. The maximum atomic E-state index is 9.00. The summed E-state index contributed by atoms with van der Waals surface area (Å²) in [6, 6.07) is 13.6. The highest BCUT2D eigenvalue weighted by molar-refractivity contribution is 6.39. The van der Waals surface area contributed by atoms with Gasteiger partial charge in [-0.15, -0.1) is 0 Å². The predicted molar refractivity (Wildman–Crippen MR) is 88.9 cm³/mol. The molecule has 0 amide bonds. The first-order chi connectivity index (χ1) is 9.95. The SMILES string of the molecule is CC(=O)O.CCc1ccccc1Nc1c(Cl)cccc1Cl. The Morgan fingerprint density at radius 2 is 1.62 bits per heavy atom. The van der Waals surface area contributed by atoms with Gasteiger partial charge in [0.25, 0.3) is 5.97 Å². The zero-order chi connectivity index (χ0) is 15.8. The van der Waals surface area contributed by atoms with E-state index < -0.39 is 5.97 Å². The fraction of sp³-hybridized carbons (Fsp3) is 0.188. The van der Waals surface area contributed by atoms with Crippen molar-refractivity contribution in [1.82, 2.24) is 0 Å². The van der Waals surface area contributed by atoms with Crippen molar-refractivity contribution in [2.45, 2.75) is 20.3 Å². The molecular formula is C16H17Cl2NO2. The van der Waals surface area contributed by atoms with E-state index in [0.29, 0.717) is 10.0 Å². The lowest BCUT2D eigenvalue weighted by Crippen LogP contribution is -1.96. The Morgan fingerprint density at radius 1 is 1.10 bits per heavy atom. The van der Waals surface area contributed by atoms with E-state index in [1.807, 2.05) is 36.4 Å². The van der Waals surface area contributed by atoms with Crippen molar-refractivity contribution in [2.24, 2.45) is 0 Å². The second kappa shape index (κ2) is 8.55. The van der Waals surface area contributed by atoms with Crippen LogP contribution in [0.4, 0.5) is 11.4 Å². The molecule has 0 unspecified atom stereocenters. The third kappa shape index (κ3) is 5.66. The van der Waals surface area contributed by atoms with Crippen LogP contribution < -0.4 is 5.32 Å². The van der Waals surface area contributed by atoms with Crippen molar-refractivity contribution in [2.75, 3.05) is 5.32 Å². The molecule has 0 heterocycles. The van der Waals surface area contributed by atoms with Crippen molar-refractivity contribution < 1.29 is 9.90 Å². The van der Waals surface area contributed by atoms with Crippen LogP contribution >= 0.6 is 23.2 Å². The number of carboxylic acid groups (broad SMARTS) is 1. The van der Waals surface area contributed by atoms with Crippen molar-refractivity contribution >= 4 is 40.5 Å². The molecule has 0 radical (unpaired) electrons. The van der Waals surface area contributed by atoms with Gasteiger partial charge >= 0.3 is 0 Å². The number of anilines is 2. The second-order valence-electron chi connectivity index (χ2n) is 4.25. The molecule has 5 heteroatoms. The molecule has 0 aromatic heterocycles. The minimum Gasteiger partial charge on any atom is -0.481 e. The maximum Gasteiger partial charge on any atom is 0.300 e. The van der Waals surface area contributed by atoms with Gasteiger partial charge in [0.05, 0.1) is 15.7 Å². The van der Waals surface area contributed by atoms with Crippen molar-refractivity contribution in [3.05, 3.63) is 58.1 Å². The van der Waals surface area contributed by atoms with Gasteiger partial charge in [-0.05, 0) is 30.2 Å². The van der Waals surface area contributed by atoms with Crippen LogP contribution in [0.3, 0.4) is 0 Å². The minimum atomic E-state index is -0.833. The van der Waals surface area contributed by atoms with E-state index in [9.17, 15) is 0 Å². The zero-order valence-corrected chi connectivity index (χ0v) is 13.4. The first-order valence-electron chi connectivity index (χ1n) is 6.44. The van der Waals surface area contributed by atoms with Gasteiger partial charge in [-0.1, -0.05) is 54.4 Å². The molecule has 0 bridgehead atoms. The van der Waals surface area contributed by atoms with E-state index >= 15 is 0 Å². The van der Waals surface area contributed by atoms with E-state index in [1.165, 1.54) is 5.56 Å². The second-order valence-corrected chi connectivity index (χ2v) is 5.07. The third-order valence-corrected chi connectivity index (χ3v) is 3.25. The number of para-hydroxylation sites is 2. The molecule has 112 valence electrons. The summed E-state index contributed by atoms with van der Waals surface area (Å²) in [5, 5.41) is 12.0. The summed E-state index contributed by atoms with van der Waals surface area (Å²) in [5.41, 5.74) is 3.05. The lowest BCUT2D eigenvalue weighted by molar-refractivity contribution is -0.134. The Balaban J connectivity index is 0.000000491. The number of hydrogen-bond acceptors (Lipinski definition) is 2. The molecule has 0 saturated heterocycles. The van der Waals surface area contributed by atoms with Crippen LogP contribution in [-0.4, -0.2) is 11.1 Å². The van der Waals surface area contributed by atoms with E-state index in [1.54, 1.807) is 0 Å². The van der Waals surface area contributed by atoms with Gasteiger partial charge in [-0.25, -0.2) is 0 Å². The number of carbonyl (C=O) groups is 1. The fourth-order valence-electron chi connectivity index (χ4n) is 1.70. The van der Waals surface area contributed by atoms with Crippen LogP contribution in [0.2, 0.25) is 10.0 Å². The van der Waals surface area contributed by atoms with Crippen molar-refractivity contribution in [3.8, 4) is 0 Å². The number of aryl methyl sites for hydroxylation is 1. The summed E-state index contributed by atoms with van der Waals surface area (Å²) in [6.45, 7) is 3.20. The topological polar surface area (TPSA) is 49.3 Å². The lowest BCUT2D eigenvalue weighted by atomic mass is 10.1. The summed E-state index contributed by atoms with van der Waals surface area (Å²) < 4.78 is 0. The van der Waals surface area contributed by atoms with Gasteiger partial charge in [-0.2, -0.15) is 0 Å². The monoisotopic (exact) mass is 325 g/mol. The molecule has 0 fully saturated rings. The minimum absolute atomic E-state index is 0.628. The highest BCUT2D eigenvalue weighted by Gasteiger charge is 2.07. The number of carboxylic acids is 1. The van der Waals surface area contributed by atoms with Gasteiger partial charge in [0.15, 0.2) is 0 Å². The molecule has 0 aliphatic carbocycles. The number of hydrogen-bond donors (Lipinski definition) is 2. The Kier molecular flexibility index (Phi) is 7.06. The number of aliphatic carboxylic acids is 1. The molecule has 2 rings (SSSR count). The van der Waals surface area contributed by atoms with Crippen LogP contribution in [0.15, 0.2) is 42.5 Å². The molecular weight excluding hydrogens is 309 g/mol. The van der Waals surface area contributed by atoms with E-state index in [0.717, 1.165) is 24.7 Å². The van der Waals surface area contributed by atoms with Gasteiger partial charge < -0.3 is 10.4 Å². The quantitative estimate of drug-likeness (QED) is 0.795. The van der Waals surface area contributed by atoms with Crippen molar-refractivity contribution in [1.29, 1.82) is 0 Å². The van der Waals surface area contributed by atoms with Gasteiger partial charge in [0.1, 0.15) is 0 Å². The molecule has 2 aromatic rings. The highest BCUT2D eigenvalue weighted by Crippen LogP contribution is 2.33. The normalized spacial score (nSPS) is 9.52. The first-order valence-corrected chi connectivity index (χ1v) is 7.19. The molecule has 0 spiro atoms. The van der Waals surface area contributed by atoms with Crippen LogP contribution in [0.5, 0.6) is 0 Å². The number of halogens is 2. The summed E-state index contributed by atoms with van der Waals surface area (Å²) >= 11 is 12.3. The Bertz CT molecular complexity index is 591. The molecule has 2 N–H and O–H groups in total. The molecule has 0 aliphatic rings. The smallest absolute Gasteiger partial charge is 0.300 e. The van der Waals surface area contributed by atoms with Crippen LogP contribution in [0, 0.1) is 0 Å². The highest BCUT2D eigenvalue weighted by atomic mass is 35.5. The van der Waals surface area contributed by atoms with Crippen molar-refractivity contribution in [3.63, 3.8) is 0 Å². The third-order valence-electron chi connectivity index (χ3n) is 2.62. The van der Waals surface area contributed by atoms with Gasteiger partial charge in [-0.3, -0.25) is 4.79 Å². The standard InChI is InChI=1S/C14H13Cl2N.C2H4O2/c1-2-10-6-3-4-9-13(10)17-14-11(15)7-5-8-12(14)16;1-2(3)4/h3-9,17H,2H2,1H3;1H3,(H,3,4). The maximum absolute atomic E-state index is 9.00. The summed E-state index contributed by atoms with van der Waals surface area (Å²) in [6.07, 6.45) is 0.964. The van der Waals surface area contributed by atoms with Crippen LogP contribution in [0.25, 0.3) is 0 Å². The van der Waals surface area contributed by atoms with Gasteiger partial charge in [0, 0.05) is 12.6 Å². The van der Waals surface area contributed by atoms with E-state index in [4.69, 9.17) is 33.1 Å². The zero-order valence-electron chi connectivity index (χ0n) is 11.9. The molecule has 0 saturated carbocycles. The molecule has 0 atom stereocenters. The van der Waals surface area contributed by atoms with Crippen LogP contribution in [0.1, 0.15) is 19.4 Å². The van der Waals surface area contributed by atoms with Gasteiger partial charge in [0.2, 0.25) is 0 Å². The van der Waals surface area contributed by atoms with E-state index in [2.05, 4.69) is 18.3 Å². The average molecular weight is 326 g/mol. The Hall–Kier alpha value is -1.71. The number of benzene rings is 2. The van der Waals surface area contributed by atoms with E-state index in [-0.39, 0.29) is 0 Å². The summed E-state index contributed by atoms with van der Waals surface area (Å²) in [5.74, 6) is -0.833. The number of rotatable bonds is 3. The first kappa shape index (κ1) is 17.3.